The van der Waals surface area contributed by atoms with Crippen molar-refractivity contribution in [3.8, 4) is 0 Å². The molecule has 78 valence electrons. The van der Waals surface area contributed by atoms with E-state index in [1.807, 2.05) is 6.92 Å². The summed E-state index contributed by atoms with van der Waals surface area (Å²) in [5.41, 5.74) is 0.519. The highest BCUT2D eigenvalue weighted by Gasteiger charge is 2.39. The molecule has 5 heteroatoms. The number of fused-ring (bicyclic) bond motifs is 1. The van der Waals surface area contributed by atoms with Gasteiger partial charge < -0.3 is 0 Å². The molecule has 0 fully saturated rings. The summed E-state index contributed by atoms with van der Waals surface area (Å²) in [5.74, 6) is 0. The Labute approximate surface area is 79.7 Å². The maximum absolute atomic E-state index is 12.5. The zero-order chi connectivity index (χ0) is 10.3. The van der Waals surface area contributed by atoms with E-state index >= 15 is 0 Å². The van der Waals surface area contributed by atoms with Gasteiger partial charge in [-0.3, -0.25) is 4.68 Å². The number of hydrogen-bond acceptors (Lipinski definition) is 1. The van der Waals surface area contributed by atoms with Crippen molar-refractivity contribution in [2.75, 3.05) is 0 Å². The molecule has 1 aromatic rings. The normalized spacial score (nSPS) is 16.0. The highest BCUT2D eigenvalue weighted by molar-refractivity contribution is 5.32. The third-order valence-corrected chi connectivity index (χ3v) is 2.57. The Morgan fingerprint density at radius 1 is 1.36 bits per heavy atom. The maximum atomic E-state index is 12.5. The zero-order valence-electron chi connectivity index (χ0n) is 7.86. The molecule has 0 saturated carbocycles. The summed E-state index contributed by atoms with van der Waals surface area (Å²) in [6, 6.07) is 0. The van der Waals surface area contributed by atoms with Crippen molar-refractivity contribution in [3.05, 3.63) is 17.0 Å². The van der Waals surface area contributed by atoms with Crippen molar-refractivity contribution in [1.82, 2.24) is 9.78 Å². The summed E-state index contributed by atoms with van der Waals surface area (Å²) < 4.78 is 39.0. The molecule has 0 bridgehead atoms. The molecule has 0 unspecified atom stereocenters. The minimum atomic E-state index is -4.30. The van der Waals surface area contributed by atoms with Crippen LogP contribution < -0.4 is 0 Å². The van der Waals surface area contributed by atoms with Gasteiger partial charge in [0.05, 0.1) is 0 Å². The lowest BCUT2D eigenvalue weighted by molar-refractivity contribution is -0.142. The van der Waals surface area contributed by atoms with Gasteiger partial charge in [0.25, 0.3) is 0 Å². The van der Waals surface area contributed by atoms with E-state index in [0.29, 0.717) is 18.5 Å². The summed E-state index contributed by atoms with van der Waals surface area (Å²) in [7, 11) is 0. The Kier molecular flexibility index (Phi) is 2.05. The Bertz CT molecular complexity index is 352. The van der Waals surface area contributed by atoms with Gasteiger partial charge in [0.2, 0.25) is 0 Å². The summed E-state index contributed by atoms with van der Waals surface area (Å²) in [6.45, 7) is 2.32. The molecule has 0 N–H and O–H groups in total. The van der Waals surface area contributed by atoms with Crippen LogP contribution >= 0.6 is 0 Å². The van der Waals surface area contributed by atoms with Crippen LogP contribution in [-0.4, -0.2) is 9.78 Å². The van der Waals surface area contributed by atoms with Crippen molar-refractivity contribution in [3.63, 3.8) is 0 Å². The van der Waals surface area contributed by atoms with E-state index in [0.717, 1.165) is 18.5 Å². The summed E-state index contributed by atoms with van der Waals surface area (Å²) in [6.07, 6.45) is -2.23. The van der Waals surface area contributed by atoms with Crippen LogP contribution in [0.5, 0.6) is 0 Å². The molecule has 1 aliphatic rings. The minimum Gasteiger partial charge on any atom is -0.269 e. The van der Waals surface area contributed by atoms with Crippen molar-refractivity contribution >= 4 is 0 Å². The average molecular weight is 204 g/mol. The molecule has 0 radical (unpaired) electrons. The lowest BCUT2D eigenvalue weighted by Crippen LogP contribution is -2.10. The number of aromatic nitrogens is 2. The Morgan fingerprint density at radius 3 is 2.64 bits per heavy atom. The first kappa shape index (κ1) is 9.55. The fourth-order valence-electron chi connectivity index (χ4n) is 2.00. The predicted molar refractivity (Wildman–Crippen MR) is 44.9 cm³/mol. The van der Waals surface area contributed by atoms with Crippen molar-refractivity contribution in [1.29, 1.82) is 0 Å². The second-order valence-corrected chi connectivity index (χ2v) is 3.44. The molecule has 1 aliphatic carbocycles. The van der Waals surface area contributed by atoms with E-state index in [9.17, 15) is 13.2 Å². The molecular formula is C9H11F3N2. The molecule has 2 nitrogen and oxygen atoms in total. The highest BCUT2D eigenvalue weighted by atomic mass is 19.4. The average Bonchev–Trinajstić information content (AvgIpc) is 2.59. The van der Waals surface area contributed by atoms with E-state index in [2.05, 4.69) is 5.10 Å². The van der Waals surface area contributed by atoms with Crippen molar-refractivity contribution < 1.29 is 13.2 Å². The zero-order valence-corrected chi connectivity index (χ0v) is 7.86. The van der Waals surface area contributed by atoms with Crippen molar-refractivity contribution in [2.45, 2.75) is 38.9 Å². The molecule has 2 rings (SSSR count). The van der Waals surface area contributed by atoms with Gasteiger partial charge in [-0.05, 0) is 26.2 Å². The quantitative estimate of drug-likeness (QED) is 0.686. The van der Waals surface area contributed by atoms with E-state index in [1.54, 1.807) is 0 Å². The predicted octanol–water partition coefficient (Wildman–Crippen LogP) is 2.41. The van der Waals surface area contributed by atoms with Crippen LogP contribution in [0.25, 0.3) is 0 Å². The maximum Gasteiger partial charge on any atom is 0.435 e. The third-order valence-electron chi connectivity index (χ3n) is 2.57. The first-order valence-corrected chi connectivity index (χ1v) is 4.69. The van der Waals surface area contributed by atoms with Crippen LogP contribution in [0.1, 0.15) is 30.3 Å². The van der Waals surface area contributed by atoms with Crippen LogP contribution in [0.4, 0.5) is 13.2 Å². The number of rotatable bonds is 1. The smallest absolute Gasteiger partial charge is 0.269 e. The first-order valence-electron chi connectivity index (χ1n) is 4.69. The van der Waals surface area contributed by atoms with E-state index < -0.39 is 11.9 Å². The fraction of sp³-hybridized carbons (Fsp3) is 0.667. The lowest BCUT2D eigenvalue weighted by Gasteiger charge is -2.03. The summed E-state index contributed by atoms with van der Waals surface area (Å²) >= 11 is 0. The Hall–Kier alpha value is -1.00. The lowest BCUT2D eigenvalue weighted by atomic mass is 10.2. The summed E-state index contributed by atoms with van der Waals surface area (Å²) in [5, 5.41) is 3.61. The third kappa shape index (κ3) is 1.31. The second kappa shape index (κ2) is 3.00. The molecule has 1 heterocycles. The van der Waals surface area contributed by atoms with Gasteiger partial charge >= 0.3 is 6.18 Å². The monoisotopic (exact) mass is 204 g/mol. The molecule has 0 amide bonds. The second-order valence-electron chi connectivity index (χ2n) is 3.44. The van der Waals surface area contributed by atoms with Crippen LogP contribution in [0, 0.1) is 0 Å². The standard InChI is InChI=1S/C9H11F3N2/c1-2-14-7-5-3-4-6(7)8(13-14)9(10,11)12/h2-5H2,1H3. The molecule has 0 atom stereocenters. The van der Waals surface area contributed by atoms with Gasteiger partial charge in [-0.1, -0.05) is 0 Å². The van der Waals surface area contributed by atoms with Crippen LogP contribution in [0.2, 0.25) is 0 Å². The fourth-order valence-corrected chi connectivity index (χ4v) is 2.00. The molecule has 0 spiro atoms. The van der Waals surface area contributed by atoms with Gasteiger partial charge in [-0.2, -0.15) is 18.3 Å². The molecule has 0 aromatic carbocycles. The van der Waals surface area contributed by atoms with Crippen molar-refractivity contribution in [2.24, 2.45) is 0 Å². The molecule has 1 aromatic heterocycles. The van der Waals surface area contributed by atoms with Crippen LogP contribution in [0.15, 0.2) is 0 Å². The molecule has 14 heavy (non-hydrogen) atoms. The van der Waals surface area contributed by atoms with Gasteiger partial charge in [0.1, 0.15) is 0 Å². The highest BCUT2D eigenvalue weighted by Crippen LogP contribution is 2.36. The Morgan fingerprint density at radius 2 is 2.07 bits per heavy atom. The minimum absolute atomic E-state index is 0.416. The number of alkyl halides is 3. The van der Waals surface area contributed by atoms with Gasteiger partial charge in [-0.25, -0.2) is 0 Å². The topological polar surface area (TPSA) is 17.8 Å². The van der Waals surface area contributed by atoms with Gasteiger partial charge in [0.15, 0.2) is 5.69 Å². The SMILES string of the molecule is CCn1nc(C(F)(F)F)c2c1CCC2. The first-order chi connectivity index (χ1) is 6.54. The summed E-state index contributed by atoms with van der Waals surface area (Å²) in [4.78, 5) is 0. The van der Waals surface area contributed by atoms with E-state index in [-0.39, 0.29) is 0 Å². The van der Waals surface area contributed by atoms with Gasteiger partial charge in [0, 0.05) is 17.8 Å². The van der Waals surface area contributed by atoms with E-state index in [1.165, 1.54) is 4.68 Å². The molecular weight excluding hydrogens is 193 g/mol. The number of hydrogen-bond donors (Lipinski definition) is 0. The molecule has 0 saturated heterocycles. The largest absolute Gasteiger partial charge is 0.435 e. The Balaban J connectivity index is 2.52. The number of aryl methyl sites for hydroxylation is 1. The van der Waals surface area contributed by atoms with Crippen LogP contribution in [0.3, 0.4) is 0 Å². The van der Waals surface area contributed by atoms with E-state index in [4.69, 9.17) is 0 Å². The van der Waals surface area contributed by atoms with Crippen LogP contribution in [-0.2, 0) is 25.6 Å². The molecule has 0 aliphatic heterocycles. The number of halogens is 3. The number of nitrogens with zero attached hydrogens (tertiary/aromatic N) is 2. The van der Waals surface area contributed by atoms with Gasteiger partial charge in [-0.15, -0.1) is 0 Å².